The van der Waals surface area contributed by atoms with Crippen LogP contribution in [-0.2, 0) is 30.5 Å². The van der Waals surface area contributed by atoms with Crippen LogP contribution in [0.25, 0.3) is 0 Å². The van der Waals surface area contributed by atoms with Crippen molar-refractivity contribution in [2.24, 2.45) is 5.92 Å². The summed E-state index contributed by atoms with van der Waals surface area (Å²) in [6.45, 7) is 7.45. The molecule has 2 fully saturated rings. The molecule has 3 rings (SSSR count). The van der Waals surface area contributed by atoms with E-state index < -0.39 is 36.0 Å². The standard InChI is InChI=1S/C30H44N4O8/c1-30(2,3)42-29(40)33-16-13-21(14-17-33)11-12-25(35)31-23-10-7-15-34(19-23)26(36)18-24(27(37)38)32-28(39)41-20-22-8-5-4-6-9-22/h4-6,8-9,21,23-24H,7,10-20H2,1-3H3,(H,31,35)(H,32,39)(H,37,38)/t23?,24-/m0/s1. The van der Waals surface area contributed by atoms with Crippen LogP contribution in [0.5, 0.6) is 0 Å². The van der Waals surface area contributed by atoms with E-state index in [0.717, 1.165) is 31.2 Å². The minimum Gasteiger partial charge on any atom is -0.480 e. The fraction of sp³-hybridized carbons (Fsp3) is 0.633. The molecule has 12 nitrogen and oxygen atoms in total. The van der Waals surface area contributed by atoms with Gasteiger partial charge < -0.3 is 35.0 Å². The van der Waals surface area contributed by atoms with E-state index in [4.69, 9.17) is 9.47 Å². The molecular weight excluding hydrogens is 544 g/mol. The fourth-order valence-corrected chi connectivity index (χ4v) is 5.10. The normalized spacial score (nSPS) is 18.5. The number of rotatable bonds is 10. The zero-order valence-corrected chi connectivity index (χ0v) is 24.8. The molecule has 1 unspecified atom stereocenters. The third-order valence-electron chi connectivity index (χ3n) is 7.37. The van der Waals surface area contributed by atoms with Crippen molar-refractivity contribution >= 4 is 30.0 Å². The van der Waals surface area contributed by atoms with Gasteiger partial charge in [0.05, 0.1) is 6.42 Å². The van der Waals surface area contributed by atoms with Crippen LogP contribution in [0.3, 0.4) is 0 Å². The molecule has 2 aliphatic rings. The average Bonchev–Trinajstić information content (AvgIpc) is 2.94. The molecule has 0 aromatic heterocycles. The number of nitrogens with zero attached hydrogens (tertiary/aromatic N) is 2. The molecule has 2 aliphatic heterocycles. The van der Waals surface area contributed by atoms with E-state index in [1.54, 1.807) is 29.2 Å². The number of likely N-dealkylation sites (tertiary alicyclic amines) is 2. The number of carbonyl (C=O) groups is 5. The van der Waals surface area contributed by atoms with Crippen molar-refractivity contribution in [3.63, 3.8) is 0 Å². The van der Waals surface area contributed by atoms with Gasteiger partial charge in [-0.3, -0.25) is 9.59 Å². The fourth-order valence-electron chi connectivity index (χ4n) is 5.10. The molecule has 1 aromatic rings. The molecule has 2 heterocycles. The maximum atomic E-state index is 12.9. The van der Waals surface area contributed by atoms with Crippen molar-refractivity contribution < 1.29 is 38.6 Å². The van der Waals surface area contributed by atoms with E-state index in [1.165, 1.54) is 4.90 Å². The third-order valence-corrected chi connectivity index (χ3v) is 7.37. The molecule has 0 saturated carbocycles. The Morgan fingerprint density at radius 2 is 1.69 bits per heavy atom. The van der Waals surface area contributed by atoms with Gasteiger partial charge >= 0.3 is 18.2 Å². The molecule has 2 atom stereocenters. The second-order valence-electron chi connectivity index (χ2n) is 12.0. The number of amides is 4. The van der Waals surface area contributed by atoms with Crippen LogP contribution in [0, 0.1) is 5.92 Å². The molecule has 0 aliphatic carbocycles. The van der Waals surface area contributed by atoms with Crippen molar-refractivity contribution in [2.45, 2.75) is 90.0 Å². The van der Waals surface area contributed by atoms with Gasteiger partial charge in [0.15, 0.2) is 0 Å². The lowest BCUT2D eigenvalue weighted by molar-refractivity contribution is -0.143. The monoisotopic (exact) mass is 588 g/mol. The van der Waals surface area contributed by atoms with Crippen LogP contribution in [0.4, 0.5) is 9.59 Å². The highest BCUT2D eigenvalue weighted by atomic mass is 16.6. The molecule has 0 spiro atoms. The third kappa shape index (κ3) is 11.2. The zero-order valence-electron chi connectivity index (χ0n) is 24.8. The molecular formula is C30H44N4O8. The zero-order chi connectivity index (χ0) is 30.7. The summed E-state index contributed by atoms with van der Waals surface area (Å²) in [6, 6.07) is 7.30. The summed E-state index contributed by atoms with van der Waals surface area (Å²) >= 11 is 0. The van der Waals surface area contributed by atoms with E-state index in [2.05, 4.69) is 10.6 Å². The highest BCUT2D eigenvalue weighted by molar-refractivity contribution is 5.87. The number of benzene rings is 1. The van der Waals surface area contributed by atoms with Gasteiger partial charge in [-0.25, -0.2) is 14.4 Å². The molecule has 0 radical (unpaired) electrons. The number of alkyl carbamates (subject to hydrolysis) is 1. The van der Waals surface area contributed by atoms with Crippen molar-refractivity contribution in [3.05, 3.63) is 35.9 Å². The largest absolute Gasteiger partial charge is 0.480 e. The van der Waals surface area contributed by atoms with Gasteiger partial charge in [-0.15, -0.1) is 0 Å². The predicted octanol–water partition coefficient (Wildman–Crippen LogP) is 3.29. The van der Waals surface area contributed by atoms with Crippen LogP contribution in [0.1, 0.15) is 71.3 Å². The number of aliphatic carboxylic acids is 1. The summed E-state index contributed by atoms with van der Waals surface area (Å²) in [6.07, 6.45) is 2.46. The molecule has 3 N–H and O–H groups in total. The van der Waals surface area contributed by atoms with E-state index in [9.17, 15) is 29.1 Å². The molecule has 232 valence electrons. The Morgan fingerprint density at radius 3 is 2.33 bits per heavy atom. The first-order chi connectivity index (χ1) is 19.9. The Kier molecular flexibility index (Phi) is 12.0. The number of carboxylic acids is 1. The summed E-state index contributed by atoms with van der Waals surface area (Å²) in [5.41, 5.74) is 0.220. The van der Waals surface area contributed by atoms with Crippen molar-refractivity contribution in [3.8, 4) is 0 Å². The second kappa shape index (κ2) is 15.4. The number of hydrogen-bond donors (Lipinski definition) is 3. The highest BCUT2D eigenvalue weighted by Gasteiger charge is 2.31. The molecule has 2 saturated heterocycles. The number of piperidine rings is 2. The first-order valence-corrected chi connectivity index (χ1v) is 14.6. The highest BCUT2D eigenvalue weighted by Crippen LogP contribution is 2.23. The summed E-state index contributed by atoms with van der Waals surface area (Å²) in [5.74, 6) is -1.49. The number of hydrogen-bond acceptors (Lipinski definition) is 7. The lowest BCUT2D eigenvalue weighted by Crippen LogP contribution is -2.51. The number of carboxylic acid groups (broad SMARTS) is 1. The van der Waals surface area contributed by atoms with Crippen LogP contribution >= 0.6 is 0 Å². The molecule has 0 bridgehead atoms. The van der Waals surface area contributed by atoms with Gasteiger partial charge in [-0.1, -0.05) is 30.3 Å². The summed E-state index contributed by atoms with van der Waals surface area (Å²) in [7, 11) is 0. The van der Waals surface area contributed by atoms with Gasteiger partial charge in [0.1, 0.15) is 18.2 Å². The van der Waals surface area contributed by atoms with E-state index in [-0.39, 0.29) is 31.2 Å². The first kappa shape index (κ1) is 32.7. The van der Waals surface area contributed by atoms with Gasteiger partial charge in [-0.2, -0.15) is 0 Å². The Morgan fingerprint density at radius 1 is 1.00 bits per heavy atom. The topological polar surface area (TPSA) is 155 Å². The van der Waals surface area contributed by atoms with Crippen LogP contribution < -0.4 is 10.6 Å². The smallest absolute Gasteiger partial charge is 0.410 e. The van der Waals surface area contributed by atoms with Crippen LogP contribution in [0.15, 0.2) is 30.3 Å². The Bertz CT molecular complexity index is 1080. The van der Waals surface area contributed by atoms with E-state index in [0.29, 0.717) is 38.4 Å². The predicted molar refractivity (Wildman–Crippen MR) is 153 cm³/mol. The summed E-state index contributed by atoms with van der Waals surface area (Å²) < 4.78 is 10.5. The average molecular weight is 589 g/mol. The maximum absolute atomic E-state index is 12.9. The summed E-state index contributed by atoms with van der Waals surface area (Å²) in [4.78, 5) is 65.0. The van der Waals surface area contributed by atoms with Crippen molar-refractivity contribution in [2.75, 3.05) is 26.2 Å². The number of nitrogens with one attached hydrogen (secondary N) is 2. The van der Waals surface area contributed by atoms with Gasteiger partial charge in [-0.05, 0) is 64.4 Å². The van der Waals surface area contributed by atoms with Crippen LogP contribution in [-0.4, -0.2) is 88.7 Å². The van der Waals surface area contributed by atoms with Gasteiger partial charge in [0, 0.05) is 38.6 Å². The number of ether oxygens (including phenoxy) is 2. The quantitative estimate of drug-likeness (QED) is 0.376. The van der Waals surface area contributed by atoms with Crippen molar-refractivity contribution in [1.29, 1.82) is 0 Å². The minimum atomic E-state index is -1.43. The minimum absolute atomic E-state index is 0.0221. The first-order valence-electron chi connectivity index (χ1n) is 14.6. The van der Waals surface area contributed by atoms with E-state index in [1.807, 2.05) is 26.8 Å². The number of carbonyl (C=O) groups excluding carboxylic acids is 4. The second-order valence-corrected chi connectivity index (χ2v) is 12.0. The molecule has 1 aromatic carbocycles. The SMILES string of the molecule is CC(C)(C)OC(=O)N1CCC(CCC(=O)NC2CCCN(C(=O)C[C@H](NC(=O)OCc3ccccc3)C(=O)O)C2)CC1. The summed E-state index contributed by atoms with van der Waals surface area (Å²) in [5, 5.41) is 14.8. The van der Waals surface area contributed by atoms with Gasteiger partial charge in [0.25, 0.3) is 0 Å². The lowest BCUT2D eigenvalue weighted by Gasteiger charge is -2.34. The Hall–Kier alpha value is -3.83. The van der Waals surface area contributed by atoms with Crippen molar-refractivity contribution in [1.82, 2.24) is 20.4 Å². The molecule has 4 amide bonds. The molecule has 42 heavy (non-hydrogen) atoms. The lowest BCUT2D eigenvalue weighted by atomic mass is 9.92. The van der Waals surface area contributed by atoms with Crippen LogP contribution in [0.2, 0.25) is 0 Å². The van der Waals surface area contributed by atoms with Gasteiger partial charge in [0.2, 0.25) is 11.8 Å². The Balaban J connectivity index is 1.37. The van der Waals surface area contributed by atoms with E-state index >= 15 is 0 Å². The molecule has 12 heteroatoms. The maximum Gasteiger partial charge on any atom is 0.410 e. The Labute approximate surface area is 247 Å².